The third kappa shape index (κ3) is 6.64. The summed E-state index contributed by atoms with van der Waals surface area (Å²) in [6, 6.07) is 6.46. The van der Waals surface area contributed by atoms with Crippen molar-refractivity contribution in [1.82, 2.24) is 29.3 Å². The molecule has 0 aromatic carbocycles. The molecule has 3 aromatic heterocycles. The van der Waals surface area contributed by atoms with Gasteiger partial charge in [0.25, 0.3) is 8.53 Å². The molecule has 12 heteroatoms. The molecule has 0 spiro atoms. The molecule has 4 unspecified atom stereocenters. The molecule has 0 radical (unpaired) electrons. The van der Waals surface area contributed by atoms with E-state index in [2.05, 4.69) is 60.3 Å². The van der Waals surface area contributed by atoms with Crippen LogP contribution in [0.25, 0.3) is 22.5 Å². The van der Waals surface area contributed by atoms with Crippen molar-refractivity contribution in [3.8, 4) is 17.5 Å². The average molecular weight is 555 g/mol. The van der Waals surface area contributed by atoms with Crippen LogP contribution in [-0.4, -0.2) is 74.5 Å². The number of aromatic nitrogens is 4. The van der Waals surface area contributed by atoms with E-state index in [1.165, 1.54) is 6.33 Å². The summed E-state index contributed by atoms with van der Waals surface area (Å²) in [7, 11) is 2.50. The van der Waals surface area contributed by atoms with Gasteiger partial charge in [-0.2, -0.15) is 10.4 Å². The molecule has 1 aliphatic carbocycles. The van der Waals surface area contributed by atoms with Crippen LogP contribution in [0, 0.1) is 17.2 Å². The van der Waals surface area contributed by atoms with Crippen LogP contribution in [-0.2, 0) is 9.05 Å². The summed E-state index contributed by atoms with van der Waals surface area (Å²) in [4.78, 5) is 15.5. The summed E-state index contributed by atoms with van der Waals surface area (Å²) in [5.41, 5.74) is 1.39. The van der Waals surface area contributed by atoms with Gasteiger partial charge in [-0.05, 0) is 58.6 Å². The number of hydrogen-bond acceptors (Lipinski definition) is 9. The molecule has 0 aliphatic heterocycles. The van der Waals surface area contributed by atoms with Gasteiger partial charge in [0.2, 0.25) is 0 Å². The predicted octanol–water partition coefficient (Wildman–Crippen LogP) is 5.94. The second kappa shape index (κ2) is 13.0. The highest BCUT2D eigenvalue weighted by Gasteiger charge is 2.39. The number of nitriles is 1. The molecule has 3 heterocycles. The largest absolute Gasteiger partial charge is 0.463 e. The van der Waals surface area contributed by atoms with Crippen LogP contribution < -0.4 is 0 Å². The molecule has 0 amide bonds. The van der Waals surface area contributed by atoms with E-state index in [4.69, 9.17) is 23.8 Å². The second-order valence-corrected chi connectivity index (χ2v) is 12.1. The highest BCUT2D eigenvalue weighted by atomic mass is 31.2. The van der Waals surface area contributed by atoms with Gasteiger partial charge >= 0.3 is 0 Å². The first-order valence-corrected chi connectivity index (χ1v) is 14.6. The summed E-state index contributed by atoms with van der Waals surface area (Å²) >= 11 is 0. The highest BCUT2D eigenvalue weighted by Crippen LogP contribution is 2.51. The fraction of sp³-hybridized carbons (Fsp3) is 0.593. The number of aliphatic imine (C=N–C) groups is 1. The van der Waals surface area contributed by atoms with Crippen LogP contribution in [0.2, 0.25) is 0 Å². The maximum absolute atomic E-state index is 9.05. The van der Waals surface area contributed by atoms with E-state index in [0.29, 0.717) is 30.3 Å². The first-order chi connectivity index (χ1) is 18.7. The summed E-state index contributed by atoms with van der Waals surface area (Å²) < 4.78 is 22.9. The Labute approximate surface area is 231 Å². The Hall–Kier alpha value is -2.90. The van der Waals surface area contributed by atoms with Gasteiger partial charge in [-0.15, -0.1) is 0 Å². The van der Waals surface area contributed by atoms with Crippen molar-refractivity contribution < 1.29 is 13.5 Å². The minimum Gasteiger partial charge on any atom is -0.463 e. The second-order valence-electron chi connectivity index (χ2n) is 10.7. The quantitative estimate of drug-likeness (QED) is 0.116. The van der Waals surface area contributed by atoms with Gasteiger partial charge < -0.3 is 18.4 Å². The summed E-state index contributed by atoms with van der Waals surface area (Å²) in [5, 5.41) is 14.8. The number of rotatable bonds is 12. The summed E-state index contributed by atoms with van der Waals surface area (Å²) in [6.07, 6.45) is 6.84. The van der Waals surface area contributed by atoms with Crippen molar-refractivity contribution in [2.24, 2.45) is 10.9 Å². The van der Waals surface area contributed by atoms with E-state index in [9.17, 15) is 0 Å². The lowest BCUT2D eigenvalue weighted by Crippen LogP contribution is -2.35. The first kappa shape index (κ1) is 29.1. The van der Waals surface area contributed by atoms with Crippen LogP contribution in [0.1, 0.15) is 59.9 Å². The molecule has 1 saturated carbocycles. The molecule has 1 fully saturated rings. The Bertz CT molecular complexity index is 1280. The van der Waals surface area contributed by atoms with Crippen molar-refractivity contribution in [2.75, 3.05) is 20.7 Å². The van der Waals surface area contributed by atoms with E-state index in [-0.39, 0.29) is 30.1 Å². The third-order valence-corrected chi connectivity index (χ3v) is 8.81. The molecule has 0 saturated heterocycles. The predicted molar refractivity (Wildman–Crippen MR) is 152 cm³/mol. The van der Waals surface area contributed by atoms with Crippen LogP contribution in [0.4, 0.5) is 5.82 Å². The SMILES string of the molecule is CC1CC(n2nc(-c3ccco3)c3c(/N=C\N(C)C)ncnc32)CC1OP(OCCC#N)N(C(C)C)C(C)C. The van der Waals surface area contributed by atoms with Gasteiger partial charge in [0, 0.05) is 26.2 Å². The van der Waals surface area contributed by atoms with Crippen molar-refractivity contribution >= 4 is 31.7 Å². The number of nitrogens with zero attached hydrogens (tertiary/aromatic N) is 8. The van der Waals surface area contributed by atoms with Gasteiger partial charge in [-0.1, -0.05) is 6.92 Å². The fourth-order valence-electron chi connectivity index (χ4n) is 5.00. The number of fused-ring (bicyclic) bond motifs is 1. The van der Waals surface area contributed by atoms with Crippen LogP contribution >= 0.6 is 8.53 Å². The molecular weight excluding hydrogens is 515 g/mol. The molecule has 11 nitrogen and oxygen atoms in total. The summed E-state index contributed by atoms with van der Waals surface area (Å²) in [5.74, 6) is 1.47. The molecule has 210 valence electrons. The van der Waals surface area contributed by atoms with E-state index in [1.807, 2.05) is 35.8 Å². The topological polar surface area (TPSA) is 118 Å². The Morgan fingerprint density at radius 3 is 2.67 bits per heavy atom. The van der Waals surface area contributed by atoms with E-state index in [0.717, 1.165) is 23.9 Å². The molecule has 39 heavy (non-hydrogen) atoms. The molecule has 0 bridgehead atoms. The minimum absolute atomic E-state index is 0.0254. The smallest absolute Gasteiger partial charge is 0.259 e. The van der Waals surface area contributed by atoms with Crippen molar-refractivity contribution in [3.63, 3.8) is 0 Å². The van der Waals surface area contributed by atoms with E-state index >= 15 is 0 Å². The lowest BCUT2D eigenvalue weighted by molar-refractivity contribution is 0.112. The molecule has 0 N–H and O–H groups in total. The zero-order valence-corrected chi connectivity index (χ0v) is 24.7. The monoisotopic (exact) mass is 554 g/mol. The molecule has 1 aliphatic rings. The zero-order valence-electron chi connectivity index (χ0n) is 23.9. The molecule has 3 aromatic rings. The average Bonchev–Trinajstić information content (AvgIpc) is 3.61. The molecule has 4 atom stereocenters. The Morgan fingerprint density at radius 2 is 2.03 bits per heavy atom. The van der Waals surface area contributed by atoms with Crippen molar-refractivity contribution in [2.45, 2.75) is 78.1 Å². The lowest BCUT2D eigenvalue weighted by atomic mass is 10.1. The standard InChI is InChI=1S/C27H39N8O3P/c1-18(2)35(19(3)4)39(37-13-9-11-28)38-23-15-21(14-20(23)5)34-27-24(25(32-34)22-10-8-12-36-22)26(29-16-30-27)31-17-33(6)7/h8,10,12,16-21,23H,9,13-15H2,1-7H3/b31-17-. The van der Waals surface area contributed by atoms with Crippen molar-refractivity contribution in [1.29, 1.82) is 5.26 Å². The van der Waals surface area contributed by atoms with Crippen LogP contribution in [0.15, 0.2) is 34.1 Å². The fourth-order valence-corrected chi connectivity index (χ4v) is 6.83. The third-order valence-electron chi connectivity index (χ3n) is 6.65. The van der Waals surface area contributed by atoms with Gasteiger partial charge in [0.15, 0.2) is 17.2 Å². The lowest BCUT2D eigenvalue weighted by Gasteiger charge is -2.37. The van der Waals surface area contributed by atoms with E-state index in [1.54, 1.807) is 12.6 Å². The maximum atomic E-state index is 9.05. The van der Waals surface area contributed by atoms with E-state index < -0.39 is 8.53 Å². The zero-order chi connectivity index (χ0) is 28.1. The van der Waals surface area contributed by atoms with Gasteiger partial charge in [-0.3, -0.25) is 0 Å². The van der Waals surface area contributed by atoms with Gasteiger partial charge in [0.1, 0.15) is 12.0 Å². The van der Waals surface area contributed by atoms with Gasteiger partial charge in [0.05, 0.1) is 49.2 Å². The molecule has 4 rings (SSSR count). The highest BCUT2D eigenvalue weighted by molar-refractivity contribution is 7.44. The van der Waals surface area contributed by atoms with Crippen LogP contribution in [0.3, 0.4) is 0 Å². The van der Waals surface area contributed by atoms with Gasteiger partial charge in [-0.25, -0.2) is 24.3 Å². The first-order valence-electron chi connectivity index (χ1n) is 13.4. The Balaban J connectivity index is 1.66. The van der Waals surface area contributed by atoms with Crippen LogP contribution in [0.5, 0.6) is 0 Å². The Morgan fingerprint density at radius 1 is 1.26 bits per heavy atom. The maximum Gasteiger partial charge on any atom is 0.259 e. The Kier molecular flexibility index (Phi) is 9.67. The normalized spacial score (nSPS) is 20.6. The number of furan rings is 1. The minimum atomic E-state index is -1.33. The molecular formula is C27H39N8O3P. The summed E-state index contributed by atoms with van der Waals surface area (Å²) in [6.45, 7) is 11.2. The number of hydrogen-bond donors (Lipinski definition) is 0. The van der Waals surface area contributed by atoms with Crippen molar-refractivity contribution in [3.05, 3.63) is 24.7 Å².